The fourth-order valence-corrected chi connectivity index (χ4v) is 2.23. The van der Waals surface area contributed by atoms with Crippen LogP contribution in [0, 0.1) is 6.92 Å². The Labute approximate surface area is 113 Å². The van der Waals surface area contributed by atoms with Gasteiger partial charge in [0.2, 0.25) is 0 Å². The normalized spacial score (nSPS) is 10.7. The summed E-state index contributed by atoms with van der Waals surface area (Å²) in [7, 11) is 1.97. The van der Waals surface area contributed by atoms with Crippen molar-refractivity contribution < 1.29 is 0 Å². The summed E-state index contributed by atoms with van der Waals surface area (Å²) in [6.07, 6.45) is 0.957. The second-order valence-electron chi connectivity index (χ2n) is 4.39. The Bertz CT molecular complexity index is 526. The SMILES string of the molecule is CCc1cc(CNc2c(C)cccc2Cl)n(C)n1. The summed E-state index contributed by atoms with van der Waals surface area (Å²) in [5.74, 6) is 0. The van der Waals surface area contributed by atoms with Crippen molar-refractivity contribution in [3.63, 3.8) is 0 Å². The van der Waals surface area contributed by atoms with Gasteiger partial charge in [0, 0.05) is 7.05 Å². The zero-order chi connectivity index (χ0) is 13.1. The van der Waals surface area contributed by atoms with Gasteiger partial charge < -0.3 is 5.32 Å². The monoisotopic (exact) mass is 263 g/mol. The van der Waals surface area contributed by atoms with Crippen molar-refractivity contribution >= 4 is 17.3 Å². The maximum absolute atomic E-state index is 6.18. The molecule has 0 aliphatic carbocycles. The van der Waals surface area contributed by atoms with Gasteiger partial charge in [0.1, 0.15) is 0 Å². The van der Waals surface area contributed by atoms with Crippen LogP contribution in [0.4, 0.5) is 5.69 Å². The van der Waals surface area contributed by atoms with E-state index in [1.807, 2.05) is 23.9 Å². The minimum Gasteiger partial charge on any atom is -0.378 e. The highest BCUT2D eigenvalue weighted by molar-refractivity contribution is 6.33. The lowest BCUT2D eigenvalue weighted by molar-refractivity contribution is 0.707. The summed E-state index contributed by atoms with van der Waals surface area (Å²) < 4.78 is 1.91. The summed E-state index contributed by atoms with van der Waals surface area (Å²) in [4.78, 5) is 0. The van der Waals surface area contributed by atoms with Gasteiger partial charge in [0.15, 0.2) is 0 Å². The Hall–Kier alpha value is -1.48. The molecule has 0 atom stereocenters. The number of aromatic nitrogens is 2. The molecule has 0 aliphatic rings. The van der Waals surface area contributed by atoms with Crippen LogP contribution in [0.3, 0.4) is 0 Å². The predicted molar refractivity (Wildman–Crippen MR) is 76.1 cm³/mol. The third kappa shape index (κ3) is 2.67. The average molecular weight is 264 g/mol. The Morgan fingerprint density at radius 3 is 2.78 bits per heavy atom. The lowest BCUT2D eigenvalue weighted by Crippen LogP contribution is -2.06. The molecule has 2 aromatic rings. The van der Waals surface area contributed by atoms with Gasteiger partial charge >= 0.3 is 0 Å². The van der Waals surface area contributed by atoms with Crippen LogP contribution in [-0.2, 0) is 20.0 Å². The number of rotatable bonds is 4. The quantitative estimate of drug-likeness (QED) is 0.914. The van der Waals surface area contributed by atoms with E-state index in [1.165, 1.54) is 0 Å². The minimum absolute atomic E-state index is 0.730. The highest BCUT2D eigenvalue weighted by Crippen LogP contribution is 2.25. The van der Waals surface area contributed by atoms with Crippen LogP contribution < -0.4 is 5.32 Å². The molecule has 18 heavy (non-hydrogen) atoms. The summed E-state index contributed by atoms with van der Waals surface area (Å²) in [5.41, 5.74) is 4.43. The van der Waals surface area contributed by atoms with E-state index in [4.69, 9.17) is 11.6 Å². The summed E-state index contributed by atoms with van der Waals surface area (Å²) >= 11 is 6.18. The fraction of sp³-hybridized carbons (Fsp3) is 0.357. The molecule has 4 heteroatoms. The number of hydrogen-bond donors (Lipinski definition) is 1. The van der Waals surface area contributed by atoms with Crippen molar-refractivity contribution in [3.05, 3.63) is 46.2 Å². The van der Waals surface area contributed by atoms with E-state index in [1.54, 1.807) is 0 Å². The number of benzene rings is 1. The molecule has 3 nitrogen and oxygen atoms in total. The highest BCUT2D eigenvalue weighted by atomic mass is 35.5. The lowest BCUT2D eigenvalue weighted by Gasteiger charge is -2.11. The molecule has 0 saturated carbocycles. The van der Waals surface area contributed by atoms with Crippen LogP contribution >= 0.6 is 11.6 Å². The van der Waals surface area contributed by atoms with Crippen LogP contribution in [0.5, 0.6) is 0 Å². The number of nitrogens with zero attached hydrogens (tertiary/aromatic N) is 2. The third-order valence-electron chi connectivity index (χ3n) is 3.06. The molecule has 0 spiro atoms. The number of hydrogen-bond acceptors (Lipinski definition) is 2. The number of aryl methyl sites for hydroxylation is 3. The van der Waals surface area contributed by atoms with Gasteiger partial charge in [-0.2, -0.15) is 5.10 Å². The molecule has 1 aromatic heterocycles. The van der Waals surface area contributed by atoms with E-state index < -0.39 is 0 Å². The average Bonchev–Trinajstić information content (AvgIpc) is 2.70. The van der Waals surface area contributed by atoms with Crippen molar-refractivity contribution in [1.82, 2.24) is 9.78 Å². The van der Waals surface area contributed by atoms with Gasteiger partial charge in [-0.15, -0.1) is 0 Å². The molecule has 0 aliphatic heterocycles. The molecule has 0 radical (unpaired) electrons. The Kier molecular flexibility index (Phi) is 3.92. The van der Waals surface area contributed by atoms with Gasteiger partial charge in [-0.05, 0) is 31.0 Å². The molecule has 1 N–H and O–H groups in total. The van der Waals surface area contributed by atoms with Gasteiger partial charge in [-0.3, -0.25) is 4.68 Å². The first kappa shape index (κ1) is 13.0. The van der Waals surface area contributed by atoms with E-state index in [-0.39, 0.29) is 0 Å². The second-order valence-corrected chi connectivity index (χ2v) is 4.80. The van der Waals surface area contributed by atoms with Gasteiger partial charge in [-0.1, -0.05) is 30.7 Å². The Morgan fingerprint density at radius 1 is 1.39 bits per heavy atom. The molecule has 0 unspecified atom stereocenters. The number of nitrogens with one attached hydrogen (secondary N) is 1. The standard InChI is InChI=1S/C14H18ClN3/c1-4-11-8-12(18(3)17-11)9-16-14-10(2)6-5-7-13(14)15/h5-8,16H,4,9H2,1-3H3. The molecule has 1 aromatic carbocycles. The summed E-state index contributed by atoms with van der Waals surface area (Å²) in [6, 6.07) is 8.04. The first-order valence-corrected chi connectivity index (χ1v) is 6.50. The number of anilines is 1. The zero-order valence-corrected chi connectivity index (χ0v) is 11.8. The van der Waals surface area contributed by atoms with E-state index in [0.29, 0.717) is 0 Å². The topological polar surface area (TPSA) is 29.9 Å². The summed E-state index contributed by atoms with van der Waals surface area (Å²) in [5, 5.41) is 8.57. The van der Waals surface area contributed by atoms with E-state index in [2.05, 4.69) is 36.4 Å². The molecular formula is C14H18ClN3. The van der Waals surface area contributed by atoms with Crippen molar-refractivity contribution in [2.75, 3.05) is 5.32 Å². The molecule has 96 valence electrons. The van der Waals surface area contributed by atoms with E-state index in [9.17, 15) is 0 Å². The molecule has 2 rings (SSSR count). The van der Waals surface area contributed by atoms with Crippen LogP contribution in [0.15, 0.2) is 24.3 Å². The smallest absolute Gasteiger partial charge is 0.0640 e. The van der Waals surface area contributed by atoms with Gasteiger partial charge in [-0.25, -0.2) is 0 Å². The number of para-hydroxylation sites is 1. The maximum Gasteiger partial charge on any atom is 0.0640 e. The van der Waals surface area contributed by atoms with Crippen molar-refractivity contribution in [1.29, 1.82) is 0 Å². The summed E-state index contributed by atoms with van der Waals surface area (Å²) in [6.45, 7) is 4.89. The van der Waals surface area contributed by atoms with Crippen LogP contribution in [0.2, 0.25) is 5.02 Å². The van der Waals surface area contributed by atoms with Gasteiger partial charge in [0.05, 0.1) is 28.6 Å². The Morgan fingerprint density at radius 2 is 2.17 bits per heavy atom. The third-order valence-corrected chi connectivity index (χ3v) is 3.37. The van der Waals surface area contributed by atoms with Crippen LogP contribution in [-0.4, -0.2) is 9.78 Å². The lowest BCUT2D eigenvalue weighted by atomic mass is 10.2. The van der Waals surface area contributed by atoms with Crippen LogP contribution in [0.1, 0.15) is 23.9 Å². The first-order chi connectivity index (χ1) is 8.61. The largest absolute Gasteiger partial charge is 0.378 e. The molecular weight excluding hydrogens is 246 g/mol. The zero-order valence-electron chi connectivity index (χ0n) is 11.0. The fourth-order valence-electron chi connectivity index (χ4n) is 1.94. The first-order valence-electron chi connectivity index (χ1n) is 6.12. The molecule has 0 fully saturated rings. The number of halogens is 1. The second kappa shape index (κ2) is 5.44. The van der Waals surface area contributed by atoms with E-state index in [0.717, 1.165) is 40.6 Å². The van der Waals surface area contributed by atoms with Crippen molar-refractivity contribution in [2.45, 2.75) is 26.8 Å². The van der Waals surface area contributed by atoms with Gasteiger partial charge in [0.25, 0.3) is 0 Å². The minimum atomic E-state index is 0.730. The molecule has 0 saturated heterocycles. The predicted octanol–water partition coefficient (Wildman–Crippen LogP) is 3.56. The van der Waals surface area contributed by atoms with Crippen LogP contribution in [0.25, 0.3) is 0 Å². The van der Waals surface area contributed by atoms with Crippen molar-refractivity contribution in [2.24, 2.45) is 7.05 Å². The molecule has 0 amide bonds. The molecule has 0 bridgehead atoms. The highest BCUT2D eigenvalue weighted by Gasteiger charge is 2.06. The molecule has 1 heterocycles. The van der Waals surface area contributed by atoms with Crippen molar-refractivity contribution in [3.8, 4) is 0 Å². The Balaban J connectivity index is 2.14. The maximum atomic E-state index is 6.18. The van der Waals surface area contributed by atoms with E-state index >= 15 is 0 Å².